The van der Waals surface area contributed by atoms with E-state index in [-0.39, 0.29) is 6.79 Å². The summed E-state index contributed by atoms with van der Waals surface area (Å²) >= 11 is 7.24. The number of ether oxygens (including phenoxy) is 2. The van der Waals surface area contributed by atoms with Crippen LogP contribution in [0.15, 0.2) is 81.6 Å². The van der Waals surface area contributed by atoms with Crippen LogP contribution in [0, 0.1) is 4.77 Å². The summed E-state index contributed by atoms with van der Waals surface area (Å²) in [5, 5.41) is 11.9. The molecule has 1 aromatic heterocycles. The minimum atomic E-state index is 0.244. The first-order valence-electron chi connectivity index (χ1n) is 10.5. The Bertz CT molecular complexity index is 1380. The summed E-state index contributed by atoms with van der Waals surface area (Å²) in [5.74, 6) is 2.23. The lowest BCUT2D eigenvalue weighted by molar-refractivity contribution is 0.174. The van der Waals surface area contributed by atoms with Crippen molar-refractivity contribution in [3.8, 4) is 11.5 Å². The van der Waals surface area contributed by atoms with Crippen LogP contribution >= 0.6 is 24.0 Å². The molecule has 2 aliphatic heterocycles. The van der Waals surface area contributed by atoms with E-state index in [0.717, 1.165) is 29.4 Å². The molecule has 0 aliphatic carbocycles. The summed E-state index contributed by atoms with van der Waals surface area (Å²) in [6.45, 7) is 0.988. The molecule has 0 unspecified atom stereocenters. The van der Waals surface area contributed by atoms with Crippen molar-refractivity contribution >= 4 is 41.6 Å². The highest BCUT2D eigenvalue weighted by atomic mass is 32.2. The van der Waals surface area contributed by atoms with E-state index in [9.17, 15) is 0 Å². The van der Waals surface area contributed by atoms with Gasteiger partial charge in [-0.2, -0.15) is 14.9 Å². The average Bonchev–Trinajstić information content (AvgIpc) is 3.46. The summed E-state index contributed by atoms with van der Waals surface area (Å²) in [7, 11) is 0. The monoisotopic (exact) mass is 473 g/mol. The number of nitrogens with zero attached hydrogens (tertiary/aromatic N) is 4. The topological polar surface area (TPSA) is 67.7 Å². The van der Waals surface area contributed by atoms with E-state index in [4.69, 9.17) is 21.7 Å². The summed E-state index contributed by atoms with van der Waals surface area (Å²) in [6.07, 6.45) is 2.41. The standard InChI is InChI=1S/C24H19N5O2S2/c32-24-27-26-23(29(24)25-14-16-9-10-19-20(13-16)31-15-30-19)11-12-28-17-5-1-3-7-21(17)33-22-8-4-2-6-18(22)28/h1-10,13-14H,11-12,15H2,(H,27,32)/b25-14+. The summed E-state index contributed by atoms with van der Waals surface area (Å²) in [5.41, 5.74) is 3.29. The Balaban J connectivity index is 1.26. The zero-order valence-electron chi connectivity index (χ0n) is 17.5. The molecule has 1 N–H and O–H groups in total. The lowest BCUT2D eigenvalue weighted by Gasteiger charge is -2.32. The maximum absolute atomic E-state index is 5.45. The number of para-hydroxylation sites is 2. The van der Waals surface area contributed by atoms with Gasteiger partial charge in [-0.1, -0.05) is 36.0 Å². The number of hydrogen-bond acceptors (Lipinski definition) is 7. The van der Waals surface area contributed by atoms with E-state index in [1.165, 1.54) is 21.2 Å². The fraction of sp³-hybridized carbons (Fsp3) is 0.125. The highest BCUT2D eigenvalue weighted by Crippen LogP contribution is 2.47. The highest BCUT2D eigenvalue weighted by molar-refractivity contribution is 7.99. The van der Waals surface area contributed by atoms with Gasteiger partial charge >= 0.3 is 0 Å². The predicted octanol–water partition coefficient (Wildman–Crippen LogP) is 5.40. The van der Waals surface area contributed by atoms with Crippen LogP contribution in [-0.2, 0) is 6.42 Å². The summed E-state index contributed by atoms with van der Waals surface area (Å²) in [6, 6.07) is 22.7. The van der Waals surface area contributed by atoms with Gasteiger partial charge in [0.2, 0.25) is 11.6 Å². The average molecular weight is 474 g/mol. The molecular formula is C24H19N5O2S2. The van der Waals surface area contributed by atoms with E-state index in [2.05, 4.69) is 68.7 Å². The molecule has 4 aromatic rings. The van der Waals surface area contributed by atoms with Gasteiger partial charge in [0.1, 0.15) is 0 Å². The van der Waals surface area contributed by atoms with E-state index in [0.29, 0.717) is 11.2 Å². The van der Waals surface area contributed by atoms with Crippen molar-refractivity contribution in [2.24, 2.45) is 5.10 Å². The number of nitrogens with one attached hydrogen (secondary N) is 1. The second-order valence-electron chi connectivity index (χ2n) is 7.55. The molecular weight excluding hydrogens is 454 g/mol. The predicted molar refractivity (Wildman–Crippen MR) is 131 cm³/mol. The van der Waals surface area contributed by atoms with Gasteiger partial charge in [0, 0.05) is 22.8 Å². The highest BCUT2D eigenvalue weighted by Gasteiger charge is 2.23. The van der Waals surface area contributed by atoms with Crippen LogP contribution < -0.4 is 14.4 Å². The van der Waals surface area contributed by atoms with Gasteiger partial charge in [-0.15, -0.1) is 0 Å². The Hall–Kier alpha value is -3.56. The van der Waals surface area contributed by atoms with Crippen molar-refractivity contribution in [3.05, 3.63) is 82.9 Å². The SMILES string of the molecule is S=c1[nH]nc(CCN2c3ccccc3Sc3ccccc32)n1/N=C/c1ccc2c(c1)OCO2. The van der Waals surface area contributed by atoms with Gasteiger partial charge in [-0.05, 0) is 60.2 Å². The van der Waals surface area contributed by atoms with Gasteiger partial charge in [0.15, 0.2) is 17.3 Å². The first-order chi connectivity index (χ1) is 16.3. The second-order valence-corrected chi connectivity index (χ2v) is 9.02. The number of benzene rings is 3. The fourth-order valence-corrected chi connectivity index (χ4v) is 5.25. The molecule has 3 aromatic carbocycles. The van der Waals surface area contributed by atoms with Crippen molar-refractivity contribution < 1.29 is 9.47 Å². The Morgan fingerprint density at radius 3 is 2.52 bits per heavy atom. The molecule has 0 fully saturated rings. The van der Waals surface area contributed by atoms with Crippen molar-refractivity contribution in [2.45, 2.75) is 16.2 Å². The molecule has 0 saturated heterocycles. The largest absolute Gasteiger partial charge is 0.454 e. The van der Waals surface area contributed by atoms with Crippen LogP contribution in [0.25, 0.3) is 0 Å². The molecule has 2 aliphatic rings. The quantitative estimate of drug-likeness (QED) is 0.309. The third-order valence-electron chi connectivity index (χ3n) is 5.53. The van der Waals surface area contributed by atoms with Crippen molar-refractivity contribution in [2.75, 3.05) is 18.2 Å². The van der Waals surface area contributed by atoms with Gasteiger partial charge in [0.05, 0.1) is 17.6 Å². The van der Waals surface area contributed by atoms with E-state index < -0.39 is 0 Å². The number of rotatable bonds is 5. The lowest BCUT2D eigenvalue weighted by atomic mass is 10.2. The molecule has 33 heavy (non-hydrogen) atoms. The molecule has 0 radical (unpaired) electrons. The number of hydrogen-bond donors (Lipinski definition) is 1. The van der Waals surface area contributed by atoms with Crippen LogP contribution in [0.2, 0.25) is 0 Å². The first kappa shape index (κ1) is 20.1. The minimum Gasteiger partial charge on any atom is -0.454 e. The summed E-state index contributed by atoms with van der Waals surface area (Å²) in [4.78, 5) is 4.83. The zero-order valence-corrected chi connectivity index (χ0v) is 19.1. The Morgan fingerprint density at radius 2 is 1.73 bits per heavy atom. The Labute approximate surface area is 199 Å². The van der Waals surface area contributed by atoms with Gasteiger partial charge in [-0.3, -0.25) is 5.10 Å². The van der Waals surface area contributed by atoms with Crippen LogP contribution in [0.3, 0.4) is 0 Å². The van der Waals surface area contributed by atoms with Crippen molar-refractivity contribution in [1.82, 2.24) is 14.9 Å². The van der Waals surface area contributed by atoms with Gasteiger partial charge in [-0.25, -0.2) is 0 Å². The van der Waals surface area contributed by atoms with E-state index >= 15 is 0 Å². The second kappa shape index (κ2) is 8.42. The number of anilines is 2. The third kappa shape index (κ3) is 3.79. The summed E-state index contributed by atoms with van der Waals surface area (Å²) < 4.78 is 13.0. The Morgan fingerprint density at radius 1 is 1.00 bits per heavy atom. The molecule has 0 saturated carbocycles. The van der Waals surface area contributed by atoms with E-state index in [1.54, 1.807) is 22.7 Å². The number of fused-ring (bicyclic) bond motifs is 3. The molecule has 3 heterocycles. The first-order valence-corrected chi connectivity index (χ1v) is 11.7. The fourth-order valence-electron chi connectivity index (χ4n) is 3.96. The molecule has 7 nitrogen and oxygen atoms in total. The molecule has 0 atom stereocenters. The molecule has 0 spiro atoms. The third-order valence-corrected chi connectivity index (χ3v) is 6.92. The van der Waals surface area contributed by atoms with E-state index in [1.807, 2.05) is 18.2 Å². The maximum Gasteiger partial charge on any atom is 0.231 e. The van der Waals surface area contributed by atoms with Gasteiger partial charge < -0.3 is 14.4 Å². The van der Waals surface area contributed by atoms with Crippen LogP contribution in [0.1, 0.15) is 11.4 Å². The van der Waals surface area contributed by atoms with Crippen LogP contribution in [-0.4, -0.2) is 34.4 Å². The Kier molecular flexibility index (Phi) is 5.12. The van der Waals surface area contributed by atoms with Crippen LogP contribution in [0.5, 0.6) is 11.5 Å². The lowest BCUT2D eigenvalue weighted by Crippen LogP contribution is -2.24. The zero-order chi connectivity index (χ0) is 22.2. The van der Waals surface area contributed by atoms with Gasteiger partial charge in [0.25, 0.3) is 0 Å². The molecule has 0 amide bonds. The maximum atomic E-state index is 5.45. The smallest absolute Gasteiger partial charge is 0.231 e. The molecule has 0 bridgehead atoms. The number of aromatic nitrogens is 3. The molecule has 9 heteroatoms. The van der Waals surface area contributed by atoms with Crippen molar-refractivity contribution in [1.29, 1.82) is 0 Å². The minimum absolute atomic E-state index is 0.244. The van der Waals surface area contributed by atoms with Crippen molar-refractivity contribution in [3.63, 3.8) is 0 Å². The normalized spacial score (nSPS) is 13.9. The molecule has 164 valence electrons. The van der Waals surface area contributed by atoms with Crippen LogP contribution in [0.4, 0.5) is 11.4 Å². The molecule has 6 rings (SSSR count). The number of H-pyrrole nitrogens is 1. The number of aromatic amines is 1.